The Hall–Kier alpha value is -2.63. The summed E-state index contributed by atoms with van der Waals surface area (Å²) in [6.45, 7) is 0. The maximum atomic E-state index is 11.5. The van der Waals surface area contributed by atoms with Gasteiger partial charge in [-0.2, -0.15) is 0 Å². The molecule has 2 aromatic rings. The highest BCUT2D eigenvalue weighted by molar-refractivity contribution is 5.75. The molecule has 6 heteroatoms. The van der Waals surface area contributed by atoms with Crippen LogP contribution in [0.15, 0.2) is 36.7 Å². The highest BCUT2D eigenvalue weighted by Gasteiger charge is 2.22. The normalized spacial score (nSPS) is 11.7. The lowest BCUT2D eigenvalue weighted by atomic mass is 9.96. The molecule has 0 amide bonds. The molecule has 1 aromatic heterocycles. The van der Waals surface area contributed by atoms with Crippen molar-refractivity contribution in [3.63, 3.8) is 0 Å². The smallest absolute Gasteiger partial charge is 0.312 e. The van der Waals surface area contributed by atoms with Gasteiger partial charge in [0, 0.05) is 6.20 Å². The average Bonchev–Trinajstić information content (AvgIpc) is 2.53. The SMILES string of the molecule is COc1ccc(CC(C(=O)O)c2cncc(OC)n2)cc1. The first-order valence-electron chi connectivity index (χ1n) is 6.35. The number of carboxylic acid groups (broad SMARTS) is 1. The molecule has 0 radical (unpaired) electrons. The summed E-state index contributed by atoms with van der Waals surface area (Å²) in [6.07, 6.45) is 3.21. The summed E-state index contributed by atoms with van der Waals surface area (Å²) >= 11 is 0. The molecule has 0 saturated carbocycles. The Morgan fingerprint density at radius 3 is 2.48 bits per heavy atom. The maximum absolute atomic E-state index is 11.5. The van der Waals surface area contributed by atoms with Crippen LogP contribution in [0.1, 0.15) is 17.2 Å². The van der Waals surface area contributed by atoms with Crippen molar-refractivity contribution in [3.8, 4) is 11.6 Å². The van der Waals surface area contributed by atoms with Gasteiger partial charge >= 0.3 is 5.97 Å². The van der Waals surface area contributed by atoms with Gasteiger partial charge in [-0.05, 0) is 24.1 Å². The Balaban J connectivity index is 2.23. The van der Waals surface area contributed by atoms with Gasteiger partial charge in [0.2, 0.25) is 5.88 Å². The Bertz CT molecular complexity index is 613. The van der Waals surface area contributed by atoms with E-state index in [0.717, 1.165) is 11.3 Å². The molecule has 110 valence electrons. The van der Waals surface area contributed by atoms with Crippen LogP contribution in [-0.4, -0.2) is 35.3 Å². The molecule has 0 fully saturated rings. The summed E-state index contributed by atoms with van der Waals surface area (Å²) in [5, 5.41) is 9.42. The molecule has 0 spiro atoms. The van der Waals surface area contributed by atoms with Crippen LogP contribution in [0.25, 0.3) is 0 Å². The number of benzene rings is 1. The van der Waals surface area contributed by atoms with Gasteiger partial charge in [0.25, 0.3) is 0 Å². The van der Waals surface area contributed by atoms with E-state index in [0.29, 0.717) is 18.0 Å². The van der Waals surface area contributed by atoms with Crippen molar-refractivity contribution in [2.24, 2.45) is 0 Å². The number of ether oxygens (including phenoxy) is 2. The molecule has 1 aromatic carbocycles. The first-order chi connectivity index (χ1) is 10.1. The lowest BCUT2D eigenvalue weighted by Gasteiger charge is -2.12. The molecule has 21 heavy (non-hydrogen) atoms. The molecule has 1 atom stereocenters. The highest BCUT2D eigenvalue weighted by Crippen LogP contribution is 2.22. The number of rotatable bonds is 6. The summed E-state index contributed by atoms with van der Waals surface area (Å²) in [7, 11) is 3.05. The third kappa shape index (κ3) is 3.68. The Morgan fingerprint density at radius 2 is 1.90 bits per heavy atom. The topological polar surface area (TPSA) is 81.5 Å². The summed E-state index contributed by atoms with van der Waals surface area (Å²) < 4.78 is 10.1. The molecular weight excluding hydrogens is 272 g/mol. The van der Waals surface area contributed by atoms with Crippen LogP contribution >= 0.6 is 0 Å². The van der Waals surface area contributed by atoms with E-state index in [-0.39, 0.29) is 0 Å². The summed E-state index contributed by atoms with van der Waals surface area (Å²) in [5.41, 5.74) is 1.26. The minimum Gasteiger partial charge on any atom is -0.497 e. The third-order valence-electron chi connectivity index (χ3n) is 3.09. The zero-order valence-electron chi connectivity index (χ0n) is 11.8. The Kier molecular flexibility index (Phi) is 4.71. The summed E-state index contributed by atoms with van der Waals surface area (Å²) in [6, 6.07) is 7.27. The predicted octanol–water partition coefficient (Wildman–Crippen LogP) is 1.90. The van der Waals surface area contributed by atoms with E-state index in [4.69, 9.17) is 9.47 Å². The molecule has 1 heterocycles. The second-order valence-corrected chi connectivity index (χ2v) is 4.43. The molecule has 6 nitrogen and oxygen atoms in total. The van der Waals surface area contributed by atoms with E-state index in [1.807, 2.05) is 12.1 Å². The van der Waals surface area contributed by atoms with Gasteiger partial charge in [-0.15, -0.1) is 0 Å². The fraction of sp³-hybridized carbons (Fsp3) is 0.267. The molecule has 0 aliphatic carbocycles. The van der Waals surface area contributed by atoms with Crippen molar-refractivity contribution >= 4 is 5.97 Å². The number of aromatic nitrogens is 2. The Labute approximate surface area is 122 Å². The largest absolute Gasteiger partial charge is 0.497 e. The van der Waals surface area contributed by atoms with E-state index in [2.05, 4.69) is 9.97 Å². The van der Waals surface area contributed by atoms with Crippen LogP contribution in [0.4, 0.5) is 0 Å². The van der Waals surface area contributed by atoms with Crippen LogP contribution in [0.3, 0.4) is 0 Å². The quantitative estimate of drug-likeness (QED) is 0.874. The van der Waals surface area contributed by atoms with Crippen LogP contribution < -0.4 is 9.47 Å². The van der Waals surface area contributed by atoms with Crippen molar-refractivity contribution < 1.29 is 19.4 Å². The Morgan fingerprint density at radius 1 is 1.19 bits per heavy atom. The lowest BCUT2D eigenvalue weighted by molar-refractivity contribution is -0.138. The van der Waals surface area contributed by atoms with Crippen molar-refractivity contribution in [1.29, 1.82) is 0 Å². The van der Waals surface area contributed by atoms with E-state index < -0.39 is 11.9 Å². The van der Waals surface area contributed by atoms with Crippen LogP contribution in [-0.2, 0) is 11.2 Å². The number of carboxylic acids is 1. The van der Waals surface area contributed by atoms with Gasteiger partial charge in [-0.25, -0.2) is 4.98 Å². The van der Waals surface area contributed by atoms with Gasteiger partial charge in [-0.3, -0.25) is 9.78 Å². The van der Waals surface area contributed by atoms with Crippen molar-refractivity contribution in [1.82, 2.24) is 9.97 Å². The summed E-state index contributed by atoms with van der Waals surface area (Å²) in [5.74, 6) is -0.699. The minimum atomic E-state index is -0.951. The highest BCUT2D eigenvalue weighted by atomic mass is 16.5. The van der Waals surface area contributed by atoms with Gasteiger partial charge in [0.15, 0.2) is 0 Å². The second kappa shape index (κ2) is 6.69. The molecule has 0 aliphatic rings. The average molecular weight is 288 g/mol. The number of carbonyl (C=O) groups is 1. The molecular formula is C15H16N2O4. The van der Waals surface area contributed by atoms with E-state index >= 15 is 0 Å². The number of aliphatic carboxylic acids is 1. The minimum absolute atomic E-state index is 0.300. The standard InChI is InChI=1S/C15H16N2O4/c1-20-11-5-3-10(4-6-11)7-12(15(18)19)13-8-16-9-14(17-13)21-2/h3-6,8-9,12H,7H2,1-2H3,(H,18,19). The fourth-order valence-corrected chi connectivity index (χ4v) is 1.94. The number of hydrogen-bond donors (Lipinski definition) is 1. The van der Waals surface area contributed by atoms with Crippen LogP contribution in [0.5, 0.6) is 11.6 Å². The first-order valence-corrected chi connectivity index (χ1v) is 6.35. The van der Waals surface area contributed by atoms with Crippen LogP contribution in [0.2, 0.25) is 0 Å². The monoisotopic (exact) mass is 288 g/mol. The van der Waals surface area contributed by atoms with E-state index in [9.17, 15) is 9.90 Å². The van der Waals surface area contributed by atoms with Gasteiger partial charge in [0.05, 0.1) is 26.1 Å². The van der Waals surface area contributed by atoms with E-state index in [1.165, 1.54) is 19.5 Å². The van der Waals surface area contributed by atoms with E-state index in [1.54, 1.807) is 19.2 Å². The number of hydrogen-bond acceptors (Lipinski definition) is 5. The molecule has 0 bridgehead atoms. The first kappa shape index (κ1) is 14.8. The number of nitrogens with zero attached hydrogens (tertiary/aromatic N) is 2. The zero-order chi connectivity index (χ0) is 15.2. The third-order valence-corrected chi connectivity index (χ3v) is 3.09. The fourth-order valence-electron chi connectivity index (χ4n) is 1.94. The molecule has 0 aliphatic heterocycles. The van der Waals surface area contributed by atoms with Crippen molar-refractivity contribution in [2.75, 3.05) is 14.2 Å². The van der Waals surface area contributed by atoms with Crippen molar-refractivity contribution in [2.45, 2.75) is 12.3 Å². The summed E-state index contributed by atoms with van der Waals surface area (Å²) in [4.78, 5) is 19.6. The number of methoxy groups -OCH3 is 2. The van der Waals surface area contributed by atoms with Gasteiger partial charge in [-0.1, -0.05) is 12.1 Å². The van der Waals surface area contributed by atoms with Gasteiger partial charge in [0.1, 0.15) is 11.7 Å². The van der Waals surface area contributed by atoms with Gasteiger partial charge < -0.3 is 14.6 Å². The molecule has 0 saturated heterocycles. The zero-order valence-corrected chi connectivity index (χ0v) is 11.8. The molecule has 2 rings (SSSR count). The molecule has 1 unspecified atom stereocenters. The lowest BCUT2D eigenvalue weighted by Crippen LogP contribution is -2.16. The van der Waals surface area contributed by atoms with Crippen molar-refractivity contribution in [3.05, 3.63) is 47.9 Å². The maximum Gasteiger partial charge on any atom is 0.312 e. The predicted molar refractivity (Wildman–Crippen MR) is 75.7 cm³/mol. The second-order valence-electron chi connectivity index (χ2n) is 4.43. The molecule has 1 N–H and O–H groups in total. The van der Waals surface area contributed by atoms with Crippen LogP contribution in [0, 0.1) is 0 Å².